The van der Waals surface area contributed by atoms with Crippen LogP contribution in [0.4, 0.5) is 0 Å². The number of carbonyl (C=O) groups is 2. The fourth-order valence-corrected chi connectivity index (χ4v) is 2.94. The molecule has 0 spiro atoms. The highest BCUT2D eigenvalue weighted by atomic mass is 31.2. The van der Waals surface area contributed by atoms with Crippen LogP contribution in [0.5, 0.6) is 0 Å². The summed E-state index contributed by atoms with van der Waals surface area (Å²) in [6.07, 6.45) is -0.243. The minimum absolute atomic E-state index is 0.446. The molecule has 2 bridgehead atoms. The maximum absolute atomic E-state index is 11.8. The zero-order valence-corrected chi connectivity index (χ0v) is 10.7. The number of esters is 1. The average molecular weight is 278 g/mol. The smallest absolute Gasteiger partial charge is 0.313 e. The van der Waals surface area contributed by atoms with Gasteiger partial charge in [0.2, 0.25) is 7.37 Å². The molecule has 0 radical (unpaired) electrons. The van der Waals surface area contributed by atoms with Crippen molar-refractivity contribution in [3.63, 3.8) is 0 Å². The molecule has 7 nitrogen and oxygen atoms in total. The van der Waals surface area contributed by atoms with Crippen LogP contribution in [0.25, 0.3) is 0 Å². The molecule has 0 aromatic rings. The monoisotopic (exact) mass is 278 g/mol. The van der Waals surface area contributed by atoms with Crippen LogP contribution in [-0.4, -0.2) is 47.2 Å². The van der Waals surface area contributed by atoms with E-state index in [4.69, 9.17) is 19.5 Å². The summed E-state index contributed by atoms with van der Waals surface area (Å²) < 4.78 is 21.2. The fraction of sp³-hybridized carbons (Fsp3) is 0.800. The van der Waals surface area contributed by atoms with Crippen molar-refractivity contribution in [1.29, 1.82) is 0 Å². The summed E-state index contributed by atoms with van der Waals surface area (Å²) in [5, 5.41) is 9.09. The predicted octanol–water partition coefficient (Wildman–Crippen LogP) is 0.265. The normalized spacial score (nSPS) is 37.2. The van der Waals surface area contributed by atoms with Crippen LogP contribution in [0.1, 0.15) is 12.8 Å². The molecule has 2 aliphatic heterocycles. The standard InChI is InChI=1S/C10H15O7P/c1-18(14,15)4-16-10(13)8-6-3-2-5(17-6)7(8)9(11)12/h5-8H,2-4H2,1H3,(H,11,12)(H,14,15). The molecule has 8 heteroatoms. The number of hydrogen-bond acceptors (Lipinski definition) is 5. The number of aliphatic carboxylic acids is 1. The Morgan fingerprint density at radius 3 is 2.39 bits per heavy atom. The zero-order chi connectivity index (χ0) is 13.5. The van der Waals surface area contributed by atoms with E-state index in [-0.39, 0.29) is 0 Å². The number of ether oxygens (including phenoxy) is 2. The number of carbonyl (C=O) groups excluding carboxylic acids is 1. The van der Waals surface area contributed by atoms with Crippen molar-refractivity contribution in [3.05, 3.63) is 0 Å². The van der Waals surface area contributed by atoms with Crippen molar-refractivity contribution in [2.75, 3.05) is 13.0 Å². The lowest BCUT2D eigenvalue weighted by atomic mass is 9.79. The first-order valence-electron chi connectivity index (χ1n) is 5.64. The molecule has 18 heavy (non-hydrogen) atoms. The van der Waals surface area contributed by atoms with E-state index in [0.29, 0.717) is 12.8 Å². The van der Waals surface area contributed by atoms with Crippen LogP contribution in [0.15, 0.2) is 0 Å². The minimum Gasteiger partial charge on any atom is -0.481 e. The van der Waals surface area contributed by atoms with Gasteiger partial charge in [-0.3, -0.25) is 14.2 Å². The molecule has 2 saturated heterocycles. The summed E-state index contributed by atoms with van der Waals surface area (Å²) in [5.41, 5.74) is 0. The molecular formula is C10H15O7P. The lowest BCUT2D eigenvalue weighted by Gasteiger charge is -2.23. The van der Waals surface area contributed by atoms with Gasteiger partial charge in [-0.25, -0.2) is 0 Å². The van der Waals surface area contributed by atoms with Gasteiger partial charge in [-0.05, 0) is 12.8 Å². The Morgan fingerprint density at radius 1 is 1.33 bits per heavy atom. The van der Waals surface area contributed by atoms with Crippen molar-refractivity contribution < 1.29 is 33.6 Å². The second-order valence-electron chi connectivity index (χ2n) is 4.82. The zero-order valence-electron chi connectivity index (χ0n) is 9.81. The molecule has 0 saturated carbocycles. The molecule has 0 amide bonds. The van der Waals surface area contributed by atoms with Crippen LogP contribution in [-0.2, 0) is 23.6 Å². The van der Waals surface area contributed by atoms with Crippen molar-refractivity contribution in [2.24, 2.45) is 11.8 Å². The number of carboxylic acids is 1. The first-order chi connectivity index (χ1) is 8.29. The van der Waals surface area contributed by atoms with E-state index in [1.165, 1.54) is 0 Å². The van der Waals surface area contributed by atoms with E-state index < -0.39 is 49.7 Å². The van der Waals surface area contributed by atoms with Crippen LogP contribution in [0, 0.1) is 11.8 Å². The Kier molecular flexibility index (Phi) is 3.49. The maximum atomic E-state index is 11.8. The molecule has 0 aliphatic carbocycles. The van der Waals surface area contributed by atoms with Gasteiger partial charge >= 0.3 is 11.9 Å². The minimum atomic E-state index is -3.45. The third-order valence-corrected chi connectivity index (χ3v) is 3.89. The van der Waals surface area contributed by atoms with E-state index in [2.05, 4.69) is 0 Å². The topological polar surface area (TPSA) is 110 Å². The second-order valence-corrected chi connectivity index (χ2v) is 7.18. The Hall–Kier alpha value is -0.910. The highest BCUT2D eigenvalue weighted by molar-refractivity contribution is 7.56. The van der Waals surface area contributed by atoms with E-state index >= 15 is 0 Å². The lowest BCUT2D eigenvalue weighted by Crippen LogP contribution is -2.39. The first-order valence-corrected chi connectivity index (χ1v) is 7.93. The molecule has 0 aromatic heterocycles. The summed E-state index contributed by atoms with van der Waals surface area (Å²) >= 11 is 0. The van der Waals surface area contributed by atoms with Gasteiger partial charge in [0.25, 0.3) is 0 Å². The van der Waals surface area contributed by atoms with Gasteiger partial charge in [0, 0.05) is 6.66 Å². The van der Waals surface area contributed by atoms with Gasteiger partial charge in [-0.2, -0.15) is 0 Å². The van der Waals surface area contributed by atoms with E-state index in [1.807, 2.05) is 0 Å². The Bertz CT molecular complexity index is 414. The molecule has 2 aliphatic rings. The Labute approximate surface area is 104 Å². The van der Waals surface area contributed by atoms with Gasteiger partial charge in [-0.1, -0.05) is 0 Å². The highest BCUT2D eigenvalue weighted by Gasteiger charge is 2.56. The molecular weight excluding hydrogens is 263 g/mol. The van der Waals surface area contributed by atoms with Crippen molar-refractivity contribution in [1.82, 2.24) is 0 Å². The van der Waals surface area contributed by atoms with Crippen LogP contribution in [0.2, 0.25) is 0 Å². The largest absolute Gasteiger partial charge is 0.481 e. The molecule has 2 heterocycles. The van der Waals surface area contributed by atoms with Crippen molar-refractivity contribution in [3.8, 4) is 0 Å². The Morgan fingerprint density at radius 2 is 1.89 bits per heavy atom. The van der Waals surface area contributed by atoms with Gasteiger partial charge in [-0.15, -0.1) is 0 Å². The van der Waals surface area contributed by atoms with Gasteiger partial charge in [0.15, 0.2) is 6.35 Å². The summed E-state index contributed by atoms with van der Waals surface area (Å²) in [6.45, 7) is 1.08. The summed E-state index contributed by atoms with van der Waals surface area (Å²) in [4.78, 5) is 32.0. The van der Waals surface area contributed by atoms with Crippen LogP contribution >= 0.6 is 7.37 Å². The molecule has 5 atom stereocenters. The fourth-order valence-electron chi connectivity index (χ4n) is 2.57. The molecule has 2 rings (SSSR count). The molecule has 2 fully saturated rings. The summed E-state index contributed by atoms with van der Waals surface area (Å²) in [7, 11) is -3.45. The van der Waals surface area contributed by atoms with Gasteiger partial charge < -0.3 is 19.5 Å². The SMILES string of the molecule is CP(=O)(O)COC(=O)C1C2CCC(O2)C1C(=O)O. The van der Waals surface area contributed by atoms with E-state index in [1.54, 1.807) is 0 Å². The quantitative estimate of drug-likeness (QED) is 0.560. The summed E-state index contributed by atoms with van der Waals surface area (Å²) in [6, 6.07) is 0. The Balaban J connectivity index is 2.05. The molecule has 0 aromatic carbocycles. The van der Waals surface area contributed by atoms with Crippen LogP contribution in [0.3, 0.4) is 0 Å². The van der Waals surface area contributed by atoms with E-state index in [9.17, 15) is 14.2 Å². The number of rotatable bonds is 4. The predicted molar refractivity (Wildman–Crippen MR) is 59.2 cm³/mol. The number of carboxylic acid groups (broad SMARTS) is 1. The highest BCUT2D eigenvalue weighted by Crippen LogP contribution is 2.45. The third-order valence-electron chi connectivity index (χ3n) is 3.28. The van der Waals surface area contributed by atoms with Crippen LogP contribution < -0.4 is 0 Å². The molecule has 2 N–H and O–H groups in total. The number of hydrogen-bond donors (Lipinski definition) is 2. The molecule has 102 valence electrons. The average Bonchev–Trinajstić information content (AvgIpc) is 2.83. The van der Waals surface area contributed by atoms with Crippen molar-refractivity contribution >= 4 is 19.3 Å². The van der Waals surface area contributed by atoms with E-state index in [0.717, 1.165) is 6.66 Å². The van der Waals surface area contributed by atoms with Gasteiger partial charge in [0.05, 0.1) is 24.0 Å². The van der Waals surface area contributed by atoms with Gasteiger partial charge in [0.1, 0.15) is 0 Å². The number of fused-ring (bicyclic) bond motifs is 2. The molecule has 5 unspecified atom stereocenters. The second kappa shape index (κ2) is 4.64. The van der Waals surface area contributed by atoms with Crippen molar-refractivity contribution in [2.45, 2.75) is 25.0 Å². The maximum Gasteiger partial charge on any atom is 0.313 e. The third kappa shape index (κ3) is 2.58. The lowest BCUT2D eigenvalue weighted by molar-refractivity contribution is -0.156. The summed E-state index contributed by atoms with van der Waals surface area (Å²) in [5.74, 6) is -3.63. The first kappa shape index (κ1) is 13.5.